The molecule has 2 rings (SSSR count). The number of aromatic nitrogens is 2. The van der Waals surface area contributed by atoms with Gasteiger partial charge >= 0.3 is 0 Å². The van der Waals surface area contributed by atoms with E-state index in [1.807, 2.05) is 6.20 Å². The largest absolute Gasteiger partial charge is 0.316 e. The van der Waals surface area contributed by atoms with Crippen LogP contribution >= 0.6 is 0 Å². The molecule has 0 amide bonds. The van der Waals surface area contributed by atoms with Crippen LogP contribution in [0.3, 0.4) is 0 Å². The fourth-order valence-corrected chi connectivity index (χ4v) is 2.08. The van der Waals surface area contributed by atoms with Crippen molar-refractivity contribution in [3.05, 3.63) is 24.3 Å². The summed E-state index contributed by atoms with van der Waals surface area (Å²) < 4.78 is 0. The molecule has 1 aliphatic rings. The number of hydrogen-bond acceptors (Lipinski definition) is 4. The first kappa shape index (κ1) is 11.5. The van der Waals surface area contributed by atoms with Gasteiger partial charge in [-0.15, -0.1) is 0 Å². The van der Waals surface area contributed by atoms with Gasteiger partial charge < -0.3 is 10.6 Å². The van der Waals surface area contributed by atoms with Crippen LogP contribution in [0.2, 0.25) is 0 Å². The van der Waals surface area contributed by atoms with Crippen LogP contribution < -0.4 is 10.6 Å². The van der Waals surface area contributed by atoms with E-state index in [0.29, 0.717) is 0 Å². The number of rotatable bonds is 4. The molecule has 0 aromatic carbocycles. The van der Waals surface area contributed by atoms with Gasteiger partial charge in [0.05, 0.1) is 5.69 Å². The van der Waals surface area contributed by atoms with Crippen molar-refractivity contribution in [3.63, 3.8) is 0 Å². The molecule has 0 aliphatic carbocycles. The Morgan fingerprint density at radius 2 is 2.50 bits per heavy atom. The van der Waals surface area contributed by atoms with E-state index in [1.54, 1.807) is 12.4 Å². The Kier molecular flexibility index (Phi) is 4.25. The highest BCUT2D eigenvalue weighted by Gasteiger charge is 2.14. The molecule has 1 saturated heterocycles. The maximum absolute atomic E-state index is 4.30. The molecule has 1 aromatic heterocycles. The Balaban J connectivity index is 1.77. The Morgan fingerprint density at radius 1 is 1.56 bits per heavy atom. The van der Waals surface area contributed by atoms with Crippen molar-refractivity contribution in [2.24, 2.45) is 5.92 Å². The highest BCUT2D eigenvalue weighted by Crippen LogP contribution is 2.11. The molecule has 1 fully saturated rings. The summed E-state index contributed by atoms with van der Waals surface area (Å²) in [6, 6.07) is 0.288. The lowest BCUT2D eigenvalue weighted by Crippen LogP contribution is -2.36. The van der Waals surface area contributed by atoms with Gasteiger partial charge in [0.25, 0.3) is 0 Å². The molecule has 0 radical (unpaired) electrons. The molecular weight excluding hydrogens is 200 g/mol. The van der Waals surface area contributed by atoms with Gasteiger partial charge in [0.2, 0.25) is 0 Å². The maximum Gasteiger partial charge on any atom is 0.0753 e. The van der Waals surface area contributed by atoms with E-state index in [-0.39, 0.29) is 6.04 Å². The lowest BCUT2D eigenvalue weighted by atomic mass is 9.99. The Hall–Kier alpha value is -1.00. The highest BCUT2D eigenvalue weighted by molar-refractivity contribution is 5.00. The molecule has 4 nitrogen and oxygen atoms in total. The van der Waals surface area contributed by atoms with E-state index in [2.05, 4.69) is 27.5 Å². The van der Waals surface area contributed by atoms with Crippen LogP contribution in [-0.2, 0) is 0 Å². The third-order valence-electron chi connectivity index (χ3n) is 3.14. The zero-order valence-electron chi connectivity index (χ0n) is 9.82. The fourth-order valence-electron chi connectivity index (χ4n) is 2.08. The van der Waals surface area contributed by atoms with Crippen LogP contribution in [0.5, 0.6) is 0 Å². The van der Waals surface area contributed by atoms with Crippen LogP contribution in [0.4, 0.5) is 0 Å². The minimum atomic E-state index is 0.288. The average molecular weight is 220 g/mol. The first-order valence-electron chi connectivity index (χ1n) is 6.06. The lowest BCUT2D eigenvalue weighted by Gasteiger charge is -2.24. The average Bonchev–Trinajstić information content (AvgIpc) is 2.38. The van der Waals surface area contributed by atoms with Crippen LogP contribution in [-0.4, -0.2) is 29.6 Å². The number of hydrogen-bond donors (Lipinski definition) is 2. The normalized spacial score (nSPS) is 22.9. The molecule has 2 heterocycles. The van der Waals surface area contributed by atoms with E-state index in [9.17, 15) is 0 Å². The summed E-state index contributed by atoms with van der Waals surface area (Å²) in [6.45, 7) is 5.52. The number of piperidine rings is 1. The number of nitrogens with zero attached hydrogens (tertiary/aromatic N) is 2. The Labute approximate surface area is 96.9 Å². The molecule has 16 heavy (non-hydrogen) atoms. The van der Waals surface area contributed by atoms with Gasteiger partial charge in [0.15, 0.2) is 0 Å². The Morgan fingerprint density at radius 3 is 3.19 bits per heavy atom. The maximum atomic E-state index is 4.30. The standard InChI is InChI=1S/C12H20N4/c1-10(12-9-14-5-6-15-12)16-8-11-3-2-4-13-7-11/h5-6,9-11,13,16H,2-4,7-8H2,1H3/t10-,11-/m1/s1. The van der Waals surface area contributed by atoms with Crippen LogP contribution in [0.15, 0.2) is 18.6 Å². The zero-order valence-corrected chi connectivity index (χ0v) is 9.82. The van der Waals surface area contributed by atoms with E-state index in [0.717, 1.165) is 24.7 Å². The van der Waals surface area contributed by atoms with E-state index in [1.165, 1.54) is 19.4 Å². The summed E-state index contributed by atoms with van der Waals surface area (Å²) in [5.41, 5.74) is 1.02. The molecule has 0 unspecified atom stereocenters. The smallest absolute Gasteiger partial charge is 0.0753 e. The summed E-state index contributed by atoms with van der Waals surface area (Å²) in [5.74, 6) is 0.757. The molecular formula is C12H20N4. The summed E-state index contributed by atoms with van der Waals surface area (Å²) in [7, 11) is 0. The highest BCUT2D eigenvalue weighted by atomic mass is 15.0. The third-order valence-corrected chi connectivity index (χ3v) is 3.14. The molecule has 4 heteroatoms. The predicted molar refractivity (Wildman–Crippen MR) is 64.0 cm³/mol. The minimum absolute atomic E-state index is 0.288. The van der Waals surface area contributed by atoms with Gasteiger partial charge in [-0.3, -0.25) is 9.97 Å². The molecule has 1 aliphatic heterocycles. The molecule has 2 atom stereocenters. The second kappa shape index (κ2) is 5.92. The SMILES string of the molecule is C[C@@H](NC[C@@H]1CCCNC1)c1cnccn1. The number of nitrogens with one attached hydrogen (secondary N) is 2. The van der Waals surface area contributed by atoms with Crippen LogP contribution in [0, 0.1) is 5.92 Å². The molecule has 88 valence electrons. The van der Waals surface area contributed by atoms with Gasteiger partial charge in [0, 0.05) is 24.6 Å². The monoisotopic (exact) mass is 220 g/mol. The second-order valence-corrected chi connectivity index (χ2v) is 4.47. The van der Waals surface area contributed by atoms with Crippen LogP contribution in [0.25, 0.3) is 0 Å². The molecule has 1 aromatic rings. The minimum Gasteiger partial charge on any atom is -0.316 e. The van der Waals surface area contributed by atoms with Gasteiger partial charge in [-0.1, -0.05) is 0 Å². The van der Waals surface area contributed by atoms with Gasteiger partial charge in [0.1, 0.15) is 0 Å². The van der Waals surface area contributed by atoms with Crippen LogP contribution in [0.1, 0.15) is 31.5 Å². The quantitative estimate of drug-likeness (QED) is 0.798. The van der Waals surface area contributed by atoms with Crippen molar-refractivity contribution in [1.82, 2.24) is 20.6 Å². The molecule has 0 saturated carbocycles. The predicted octanol–water partition coefficient (Wildman–Crippen LogP) is 1.13. The zero-order chi connectivity index (χ0) is 11.2. The summed E-state index contributed by atoms with van der Waals surface area (Å²) >= 11 is 0. The van der Waals surface area contributed by atoms with Crippen molar-refractivity contribution in [3.8, 4) is 0 Å². The van der Waals surface area contributed by atoms with Gasteiger partial charge in [-0.25, -0.2) is 0 Å². The van der Waals surface area contributed by atoms with Crippen molar-refractivity contribution in [1.29, 1.82) is 0 Å². The van der Waals surface area contributed by atoms with E-state index >= 15 is 0 Å². The van der Waals surface area contributed by atoms with Gasteiger partial charge in [-0.2, -0.15) is 0 Å². The fraction of sp³-hybridized carbons (Fsp3) is 0.667. The van der Waals surface area contributed by atoms with E-state index in [4.69, 9.17) is 0 Å². The summed E-state index contributed by atoms with van der Waals surface area (Å²) in [4.78, 5) is 8.39. The van der Waals surface area contributed by atoms with Crippen molar-refractivity contribution in [2.45, 2.75) is 25.8 Å². The molecule has 0 spiro atoms. The van der Waals surface area contributed by atoms with Crippen molar-refractivity contribution < 1.29 is 0 Å². The second-order valence-electron chi connectivity index (χ2n) is 4.47. The lowest BCUT2D eigenvalue weighted by molar-refractivity contribution is 0.347. The topological polar surface area (TPSA) is 49.8 Å². The van der Waals surface area contributed by atoms with Crippen molar-refractivity contribution >= 4 is 0 Å². The first-order chi connectivity index (χ1) is 7.86. The summed E-state index contributed by atoms with van der Waals surface area (Å²) in [5, 5.41) is 6.96. The third kappa shape index (κ3) is 3.25. The molecule has 2 N–H and O–H groups in total. The molecule has 0 bridgehead atoms. The summed E-state index contributed by atoms with van der Waals surface area (Å²) in [6.07, 6.45) is 7.91. The van der Waals surface area contributed by atoms with Gasteiger partial charge in [-0.05, 0) is 45.3 Å². The van der Waals surface area contributed by atoms with E-state index < -0.39 is 0 Å². The van der Waals surface area contributed by atoms with Crippen molar-refractivity contribution in [2.75, 3.05) is 19.6 Å². The Bertz CT molecular complexity index is 295. The first-order valence-corrected chi connectivity index (χ1v) is 6.06.